The molecule has 0 fully saturated rings. The molecule has 17 heavy (non-hydrogen) atoms. The monoisotopic (exact) mass is 263 g/mol. The Morgan fingerprint density at radius 2 is 1.65 bits per heavy atom. The Balaban J connectivity index is 2.13. The fraction of sp³-hybridized carbons (Fsp3) is 0.143. The molecule has 0 radical (unpaired) electrons. The van der Waals surface area contributed by atoms with Gasteiger partial charge in [-0.2, -0.15) is 0 Å². The van der Waals surface area contributed by atoms with Crippen LogP contribution in [0.1, 0.15) is 10.8 Å². The molecule has 1 unspecified atom stereocenters. The van der Waals surface area contributed by atoms with E-state index in [4.69, 9.17) is 17.3 Å². The molecule has 1 nitrogen and oxygen atoms in total. The Labute approximate surface area is 111 Å². The standard InChI is InChI=1S/C14H14ClNS/c15-12-6-8-13(9-7-12)17-14(10-16)11-4-2-1-3-5-11/h1-9,14H,10,16H2. The maximum Gasteiger partial charge on any atom is 0.0466 e. The van der Waals surface area contributed by atoms with Crippen molar-refractivity contribution in [2.45, 2.75) is 10.1 Å². The molecule has 2 aromatic rings. The minimum Gasteiger partial charge on any atom is -0.329 e. The maximum atomic E-state index is 5.87. The van der Waals surface area contributed by atoms with Crippen LogP contribution in [-0.2, 0) is 0 Å². The van der Waals surface area contributed by atoms with Crippen LogP contribution >= 0.6 is 23.4 Å². The topological polar surface area (TPSA) is 26.0 Å². The van der Waals surface area contributed by atoms with Crippen molar-refractivity contribution in [2.75, 3.05) is 6.54 Å². The normalized spacial score (nSPS) is 12.4. The minimum absolute atomic E-state index is 0.289. The third kappa shape index (κ3) is 3.50. The van der Waals surface area contributed by atoms with Crippen molar-refractivity contribution < 1.29 is 0 Å². The first-order valence-corrected chi connectivity index (χ1v) is 6.72. The average Bonchev–Trinajstić information content (AvgIpc) is 2.39. The second-order valence-corrected chi connectivity index (χ2v) is 5.42. The van der Waals surface area contributed by atoms with Gasteiger partial charge in [0.05, 0.1) is 0 Å². The van der Waals surface area contributed by atoms with Gasteiger partial charge in [-0.05, 0) is 29.8 Å². The molecule has 1 atom stereocenters. The molecule has 0 heterocycles. The molecular weight excluding hydrogens is 250 g/mol. The maximum absolute atomic E-state index is 5.87. The number of nitrogens with two attached hydrogens (primary N) is 1. The Bertz CT molecular complexity index is 455. The number of benzene rings is 2. The number of hydrogen-bond acceptors (Lipinski definition) is 2. The number of halogens is 1. The van der Waals surface area contributed by atoms with E-state index in [1.807, 2.05) is 42.5 Å². The highest BCUT2D eigenvalue weighted by molar-refractivity contribution is 7.99. The van der Waals surface area contributed by atoms with E-state index < -0.39 is 0 Å². The van der Waals surface area contributed by atoms with Crippen LogP contribution in [0, 0.1) is 0 Å². The summed E-state index contributed by atoms with van der Waals surface area (Å²) in [4.78, 5) is 1.19. The molecule has 2 aromatic carbocycles. The molecule has 2 N–H and O–H groups in total. The van der Waals surface area contributed by atoms with E-state index in [-0.39, 0.29) is 5.25 Å². The van der Waals surface area contributed by atoms with Gasteiger partial charge in [0.2, 0.25) is 0 Å². The van der Waals surface area contributed by atoms with Crippen LogP contribution in [-0.4, -0.2) is 6.54 Å². The van der Waals surface area contributed by atoms with Crippen molar-refractivity contribution in [3.63, 3.8) is 0 Å². The summed E-state index contributed by atoms with van der Waals surface area (Å²) in [7, 11) is 0. The largest absolute Gasteiger partial charge is 0.329 e. The second-order valence-electron chi connectivity index (χ2n) is 3.71. The Morgan fingerprint density at radius 3 is 2.24 bits per heavy atom. The van der Waals surface area contributed by atoms with E-state index in [1.165, 1.54) is 10.5 Å². The van der Waals surface area contributed by atoms with Crippen LogP contribution in [0.3, 0.4) is 0 Å². The average molecular weight is 264 g/mol. The van der Waals surface area contributed by atoms with Crippen LogP contribution in [0.25, 0.3) is 0 Å². The van der Waals surface area contributed by atoms with Gasteiger partial charge in [0.15, 0.2) is 0 Å². The van der Waals surface area contributed by atoms with Crippen LogP contribution in [0.2, 0.25) is 5.02 Å². The first kappa shape index (κ1) is 12.5. The summed E-state index contributed by atoms with van der Waals surface area (Å²) < 4.78 is 0. The summed E-state index contributed by atoms with van der Waals surface area (Å²) in [6.45, 7) is 0.622. The summed E-state index contributed by atoms with van der Waals surface area (Å²) >= 11 is 7.63. The van der Waals surface area contributed by atoms with Gasteiger partial charge >= 0.3 is 0 Å². The fourth-order valence-electron chi connectivity index (χ4n) is 1.60. The predicted octanol–water partition coefficient (Wildman–Crippen LogP) is 4.13. The molecule has 0 spiro atoms. The zero-order valence-corrected chi connectivity index (χ0v) is 10.9. The quantitative estimate of drug-likeness (QED) is 0.840. The highest BCUT2D eigenvalue weighted by atomic mass is 35.5. The Morgan fingerprint density at radius 1 is 1.00 bits per heavy atom. The lowest BCUT2D eigenvalue weighted by Gasteiger charge is -2.14. The predicted molar refractivity (Wildman–Crippen MR) is 75.5 cm³/mol. The van der Waals surface area contributed by atoms with E-state index >= 15 is 0 Å². The third-order valence-electron chi connectivity index (χ3n) is 2.48. The van der Waals surface area contributed by atoms with Crippen molar-refractivity contribution in [1.82, 2.24) is 0 Å². The molecule has 0 aliphatic carbocycles. The molecule has 0 aromatic heterocycles. The van der Waals surface area contributed by atoms with Gasteiger partial charge in [-0.15, -0.1) is 11.8 Å². The van der Waals surface area contributed by atoms with Crippen molar-refractivity contribution in [3.05, 3.63) is 65.2 Å². The molecule has 3 heteroatoms. The van der Waals surface area contributed by atoms with Crippen molar-refractivity contribution in [2.24, 2.45) is 5.73 Å². The van der Waals surface area contributed by atoms with Crippen LogP contribution in [0.15, 0.2) is 59.5 Å². The van der Waals surface area contributed by atoms with Gasteiger partial charge in [-0.25, -0.2) is 0 Å². The molecular formula is C14H14ClNS. The lowest BCUT2D eigenvalue weighted by atomic mass is 10.1. The molecule has 2 rings (SSSR count). The molecule has 0 aliphatic heterocycles. The van der Waals surface area contributed by atoms with E-state index in [9.17, 15) is 0 Å². The molecule has 0 saturated heterocycles. The molecule has 0 saturated carbocycles. The fourth-order valence-corrected chi connectivity index (χ4v) is 2.73. The minimum atomic E-state index is 0.289. The van der Waals surface area contributed by atoms with Gasteiger partial charge in [-0.3, -0.25) is 0 Å². The van der Waals surface area contributed by atoms with Gasteiger partial charge < -0.3 is 5.73 Å². The SMILES string of the molecule is NCC(Sc1ccc(Cl)cc1)c1ccccc1. The van der Waals surface area contributed by atoms with Crippen molar-refractivity contribution >= 4 is 23.4 Å². The van der Waals surface area contributed by atoms with Gasteiger partial charge in [0.25, 0.3) is 0 Å². The molecule has 0 bridgehead atoms. The highest BCUT2D eigenvalue weighted by Crippen LogP contribution is 2.34. The number of rotatable bonds is 4. The highest BCUT2D eigenvalue weighted by Gasteiger charge is 2.10. The zero-order valence-electron chi connectivity index (χ0n) is 9.34. The van der Waals surface area contributed by atoms with E-state index in [1.54, 1.807) is 11.8 Å². The van der Waals surface area contributed by atoms with Gasteiger partial charge in [-0.1, -0.05) is 41.9 Å². The van der Waals surface area contributed by atoms with Crippen molar-refractivity contribution in [3.8, 4) is 0 Å². The number of hydrogen-bond donors (Lipinski definition) is 1. The zero-order chi connectivity index (χ0) is 12.1. The first-order valence-electron chi connectivity index (χ1n) is 5.47. The summed E-state index contributed by atoms with van der Waals surface area (Å²) in [6, 6.07) is 18.2. The van der Waals surface area contributed by atoms with Crippen LogP contribution in [0.5, 0.6) is 0 Å². The van der Waals surface area contributed by atoms with E-state index in [0.717, 1.165) is 5.02 Å². The van der Waals surface area contributed by atoms with Crippen molar-refractivity contribution in [1.29, 1.82) is 0 Å². The number of thioether (sulfide) groups is 1. The lowest BCUT2D eigenvalue weighted by molar-refractivity contribution is 0.941. The smallest absolute Gasteiger partial charge is 0.0466 e. The van der Waals surface area contributed by atoms with Crippen LogP contribution in [0.4, 0.5) is 0 Å². The first-order chi connectivity index (χ1) is 8.29. The Hall–Kier alpha value is -0.960. The van der Waals surface area contributed by atoms with Gasteiger partial charge in [0.1, 0.15) is 0 Å². The lowest BCUT2D eigenvalue weighted by Crippen LogP contribution is -2.08. The third-order valence-corrected chi connectivity index (χ3v) is 4.02. The van der Waals surface area contributed by atoms with Gasteiger partial charge in [0, 0.05) is 21.7 Å². The van der Waals surface area contributed by atoms with E-state index in [2.05, 4.69) is 12.1 Å². The summed E-state index contributed by atoms with van der Waals surface area (Å²) in [5, 5.41) is 1.05. The van der Waals surface area contributed by atoms with E-state index in [0.29, 0.717) is 6.54 Å². The van der Waals surface area contributed by atoms with Crippen LogP contribution < -0.4 is 5.73 Å². The second kappa shape index (κ2) is 6.10. The summed E-state index contributed by atoms with van der Waals surface area (Å²) in [5.41, 5.74) is 7.09. The Kier molecular flexibility index (Phi) is 4.49. The molecule has 0 aliphatic rings. The summed E-state index contributed by atoms with van der Waals surface area (Å²) in [5.74, 6) is 0. The molecule has 88 valence electrons. The molecule has 0 amide bonds. The summed E-state index contributed by atoms with van der Waals surface area (Å²) in [6.07, 6.45) is 0.